The Morgan fingerprint density at radius 1 is 1.64 bits per heavy atom. The Kier molecular flexibility index (Phi) is 1.65. The Morgan fingerprint density at radius 2 is 2.45 bits per heavy atom. The lowest BCUT2D eigenvalue weighted by Gasteiger charge is -2.31. The molecule has 2 saturated heterocycles. The number of nitrogens with zero attached hydrogens (tertiary/aromatic N) is 1. The van der Waals surface area contributed by atoms with Gasteiger partial charge < -0.3 is 10.2 Å². The second-order valence-electron chi connectivity index (χ2n) is 3.89. The van der Waals surface area contributed by atoms with Crippen LogP contribution in [0.4, 0.5) is 4.39 Å². The van der Waals surface area contributed by atoms with Gasteiger partial charge in [0.2, 0.25) is 0 Å². The minimum absolute atomic E-state index is 0.286. The van der Waals surface area contributed by atoms with E-state index in [-0.39, 0.29) is 5.92 Å². The molecule has 2 atom stereocenters. The number of halogens is 1. The first kappa shape index (κ1) is 7.50. The van der Waals surface area contributed by atoms with E-state index in [1.807, 2.05) is 7.05 Å². The smallest absolute Gasteiger partial charge is 0.140 e. The largest absolute Gasteiger partial charge is 0.313 e. The first-order valence-corrected chi connectivity index (χ1v) is 4.29. The molecule has 2 aliphatic heterocycles. The van der Waals surface area contributed by atoms with Gasteiger partial charge in [0, 0.05) is 25.6 Å². The molecule has 2 heterocycles. The monoisotopic (exact) mass is 158 g/mol. The minimum atomic E-state index is -0.924. The average Bonchev–Trinajstić information content (AvgIpc) is 2.22. The van der Waals surface area contributed by atoms with Gasteiger partial charge >= 0.3 is 0 Å². The highest BCUT2D eigenvalue weighted by atomic mass is 19.1. The zero-order chi connectivity index (χ0) is 7.90. The highest BCUT2D eigenvalue weighted by molar-refractivity contribution is 5.00. The average molecular weight is 158 g/mol. The van der Waals surface area contributed by atoms with Crippen LogP contribution >= 0.6 is 0 Å². The summed E-state index contributed by atoms with van der Waals surface area (Å²) in [6, 6.07) is 0. The van der Waals surface area contributed by atoms with Crippen molar-refractivity contribution < 1.29 is 4.39 Å². The Bertz CT molecular complexity index is 162. The molecule has 2 nitrogen and oxygen atoms in total. The highest BCUT2D eigenvalue weighted by Gasteiger charge is 2.47. The number of hydrogen-bond donors (Lipinski definition) is 1. The van der Waals surface area contributed by atoms with E-state index in [4.69, 9.17) is 0 Å². The maximum Gasteiger partial charge on any atom is 0.140 e. The topological polar surface area (TPSA) is 15.3 Å². The van der Waals surface area contributed by atoms with Gasteiger partial charge in [-0.15, -0.1) is 0 Å². The van der Waals surface area contributed by atoms with Crippen molar-refractivity contribution in [3.05, 3.63) is 0 Å². The maximum atomic E-state index is 13.9. The third kappa shape index (κ3) is 1.16. The van der Waals surface area contributed by atoms with Gasteiger partial charge in [-0.3, -0.25) is 0 Å². The number of fused-ring (bicyclic) bond motifs is 1. The third-order valence-electron chi connectivity index (χ3n) is 2.88. The Balaban J connectivity index is 2.11. The summed E-state index contributed by atoms with van der Waals surface area (Å²) in [5.74, 6) is 0.286. The van der Waals surface area contributed by atoms with Gasteiger partial charge in [-0.05, 0) is 20.0 Å². The number of hydrogen-bond acceptors (Lipinski definition) is 2. The van der Waals surface area contributed by atoms with E-state index in [0.29, 0.717) is 13.1 Å². The van der Waals surface area contributed by atoms with E-state index in [0.717, 1.165) is 19.5 Å². The minimum Gasteiger partial charge on any atom is -0.313 e. The molecule has 0 aliphatic carbocycles. The number of piperidine rings is 1. The lowest BCUT2D eigenvalue weighted by Crippen LogP contribution is -2.48. The van der Waals surface area contributed by atoms with Crippen molar-refractivity contribution in [2.45, 2.75) is 12.1 Å². The summed E-state index contributed by atoms with van der Waals surface area (Å²) in [5, 5.41) is 3.12. The summed E-state index contributed by atoms with van der Waals surface area (Å²) in [6.45, 7) is 3.11. The molecule has 0 aromatic rings. The molecule has 0 bridgehead atoms. The van der Waals surface area contributed by atoms with Crippen LogP contribution < -0.4 is 5.32 Å². The summed E-state index contributed by atoms with van der Waals surface area (Å²) >= 11 is 0. The molecule has 0 aromatic carbocycles. The molecule has 0 saturated carbocycles. The number of likely N-dealkylation sites (tertiary alicyclic amines) is 1. The van der Waals surface area contributed by atoms with Crippen molar-refractivity contribution in [3.63, 3.8) is 0 Å². The number of nitrogens with one attached hydrogen (secondary N) is 1. The first-order chi connectivity index (χ1) is 5.21. The first-order valence-electron chi connectivity index (χ1n) is 4.29. The molecule has 0 amide bonds. The van der Waals surface area contributed by atoms with Gasteiger partial charge in [-0.1, -0.05) is 0 Å². The summed E-state index contributed by atoms with van der Waals surface area (Å²) in [7, 11) is 2.00. The van der Waals surface area contributed by atoms with Crippen LogP contribution in [-0.2, 0) is 0 Å². The molecular weight excluding hydrogens is 143 g/mol. The van der Waals surface area contributed by atoms with Crippen LogP contribution in [0.3, 0.4) is 0 Å². The number of rotatable bonds is 0. The van der Waals surface area contributed by atoms with Crippen molar-refractivity contribution in [2.75, 3.05) is 33.2 Å². The molecule has 11 heavy (non-hydrogen) atoms. The fourth-order valence-corrected chi connectivity index (χ4v) is 2.30. The molecular formula is C8H15FN2. The zero-order valence-corrected chi connectivity index (χ0v) is 6.94. The van der Waals surface area contributed by atoms with Crippen molar-refractivity contribution in [1.82, 2.24) is 10.2 Å². The second-order valence-corrected chi connectivity index (χ2v) is 3.89. The Morgan fingerprint density at radius 3 is 3.18 bits per heavy atom. The lowest BCUT2D eigenvalue weighted by atomic mass is 9.87. The van der Waals surface area contributed by atoms with Crippen molar-refractivity contribution in [2.24, 2.45) is 5.92 Å². The van der Waals surface area contributed by atoms with Gasteiger partial charge in [0.1, 0.15) is 5.67 Å². The van der Waals surface area contributed by atoms with Crippen molar-refractivity contribution in [3.8, 4) is 0 Å². The van der Waals surface area contributed by atoms with Gasteiger partial charge in [0.05, 0.1) is 0 Å². The normalized spacial score (nSPS) is 45.8. The lowest BCUT2D eigenvalue weighted by molar-refractivity contribution is 0.0938. The van der Waals surface area contributed by atoms with Gasteiger partial charge in [0.15, 0.2) is 0 Å². The van der Waals surface area contributed by atoms with E-state index in [2.05, 4.69) is 10.2 Å². The molecule has 0 spiro atoms. The summed E-state index contributed by atoms with van der Waals surface area (Å²) < 4.78 is 13.9. The zero-order valence-electron chi connectivity index (χ0n) is 6.94. The van der Waals surface area contributed by atoms with E-state index in [1.54, 1.807) is 0 Å². The third-order valence-corrected chi connectivity index (χ3v) is 2.88. The van der Waals surface area contributed by atoms with Crippen LogP contribution in [0.2, 0.25) is 0 Å². The Hall–Kier alpha value is -0.150. The van der Waals surface area contributed by atoms with Gasteiger partial charge in [0.25, 0.3) is 0 Å². The SMILES string of the molecule is CN1CC2CCNCC2(F)C1. The fourth-order valence-electron chi connectivity index (χ4n) is 2.30. The van der Waals surface area contributed by atoms with Gasteiger partial charge in [-0.25, -0.2) is 4.39 Å². The molecule has 64 valence electrons. The standard InChI is InChI=1S/C8H15FN2/c1-11-4-7-2-3-10-5-8(7,9)6-11/h7,10H,2-6H2,1H3. The van der Waals surface area contributed by atoms with Crippen molar-refractivity contribution >= 4 is 0 Å². The molecule has 3 heteroatoms. The van der Waals surface area contributed by atoms with E-state index in [1.165, 1.54) is 0 Å². The number of alkyl halides is 1. The molecule has 1 N–H and O–H groups in total. The summed E-state index contributed by atoms with van der Waals surface area (Å²) in [4.78, 5) is 2.09. The molecule has 2 aliphatic rings. The molecule has 0 radical (unpaired) electrons. The van der Waals surface area contributed by atoms with Crippen LogP contribution in [0.15, 0.2) is 0 Å². The predicted molar refractivity (Wildman–Crippen MR) is 42.3 cm³/mol. The quantitative estimate of drug-likeness (QED) is 0.543. The Labute approximate surface area is 66.8 Å². The molecule has 0 aromatic heterocycles. The van der Waals surface area contributed by atoms with Crippen LogP contribution in [0.5, 0.6) is 0 Å². The van der Waals surface area contributed by atoms with Crippen molar-refractivity contribution in [1.29, 1.82) is 0 Å². The second kappa shape index (κ2) is 2.42. The molecule has 2 fully saturated rings. The highest BCUT2D eigenvalue weighted by Crippen LogP contribution is 2.34. The predicted octanol–water partition coefficient (Wildman–Crippen LogP) is 0.250. The molecule has 2 rings (SSSR count). The summed E-state index contributed by atoms with van der Waals surface area (Å²) in [6.07, 6.45) is 1.00. The van der Waals surface area contributed by atoms with Gasteiger partial charge in [-0.2, -0.15) is 0 Å². The maximum absolute atomic E-state index is 13.9. The summed E-state index contributed by atoms with van der Waals surface area (Å²) in [5.41, 5.74) is -0.924. The van der Waals surface area contributed by atoms with Crippen LogP contribution in [0.1, 0.15) is 6.42 Å². The van der Waals surface area contributed by atoms with Crippen LogP contribution in [0, 0.1) is 5.92 Å². The van der Waals surface area contributed by atoms with Crippen LogP contribution in [0.25, 0.3) is 0 Å². The fraction of sp³-hybridized carbons (Fsp3) is 1.00. The van der Waals surface area contributed by atoms with E-state index >= 15 is 0 Å². The van der Waals surface area contributed by atoms with Crippen LogP contribution in [-0.4, -0.2) is 43.8 Å². The van der Waals surface area contributed by atoms with E-state index in [9.17, 15) is 4.39 Å². The van der Waals surface area contributed by atoms with E-state index < -0.39 is 5.67 Å². The molecule has 2 unspecified atom stereocenters.